The van der Waals surface area contributed by atoms with Crippen LogP contribution in [0.25, 0.3) is 10.9 Å². The summed E-state index contributed by atoms with van der Waals surface area (Å²) in [6.45, 7) is -0.174. The van der Waals surface area contributed by atoms with Gasteiger partial charge in [-0.1, -0.05) is 45.7 Å². The van der Waals surface area contributed by atoms with Gasteiger partial charge in [0.05, 0.1) is 11.2 Å². The Kier molecular flexibility index (Phi) is 5.17. The first-order valence-corrected chi connectivity index (χ1v) is 8.26. The van der Waals surface area contributed by atoms with Gasteiger partial charge in [0.1, 0.15) is 5.75 Å². The zero-order valence-corrected chi connectivity index (χ0v) is 14.8. The molecule has 5 nitrogen and oxygen atoms in total. The molecule has 0 aliphatic carbocycles. The van der Waals surface area contributed by atoms with Crippen LogP contribution >= 0.6 is 27.5 Å². The fourth-order valence-corrected chi connectivity index (χ4v) is 2.87. The second-order valence-electron chi connectivity index (χ2n) is 4.95. The van der Waals surface area contributed by atoms with Crippen LogP contribution in [0.4, 0.5) is 0 Å². The molecule has 1 heterocycles. The van der Waals surface area contributed by atoms with Crippen LogP contribution in [0.1, 0.15) is 5.56 Å². The molecule has 0 bridgehead atoms. The minimum atomic E-state index is -0.370. The molecule has 0 radical (unpaired) electrons. The number of nitrogens with zero attached hydrogens (tertiary/aromatic N) is 1. The summed E-state index contributed by atoms with van der Waals surface area (Å²) in [5.41, 5.74) is 4.33. The van der Waals surface area contributed by atoms with Crippen molar-refractivity contribution in [1.29, 1.82) is 0 Å². The summed E-state index contributed by atoms with van der Waals surface area (Å²) in [4.78, 5) is 14.9. The Hall–Kier alpha value is -2.31. The molecule has 0 saturated carbocycles. The zero-order chi connectivity index (χ0) is 16.9. The van der Waals surface area contributed by atoms with E-state index >= 15 is 0 Å². The standard InChI is InChI=1S/C17H13BrClN3O2/c18-12-5-6-16(14(19)7-12)24-10-17(23)22-21-9-11-8-20-15-4-2-1-3-13(11)15/h1-9,20H,10H2,(H,22,23)/b21-9-. The molecule has 2 N–H and O–H groups in total. The Morgan fingerprint density at radius 3 is 3.00 bits per heavy atom. The van der Waals surface area contributed by atoms with Crippen LogP contribution in [0.3, 0.4) is 0 Å². The first-order valence-electron chi connectivity index (χ1n) is 7.09. The topological polar surface area (TPSA) is 66.5 Å². The molecule has 7 heteroatoms. The maximum Gasteiger partial charge on any atom is 0.277 e. The normalized spacial score (nSPS) is 11.1. The smallest absolute Gasteiger partial charge is 0.277 e. The van der Waals surface area contributed by atoms with Crippen LogP contribution in [0.15, 0.2) is 58.2 Å². The third-order valence-electron chi connectivity index (χ3n) is 3.27. The van der Waals surface area contributed by atoms with Gasteiger partial charge in [-0.15, -0.1) is 0 Å². The summed E-state index contributed by atoms with van der Waals surface area (Å²) < 4.78 is 6.21. The summed E-state index contributed by atoms with van der Waals surface area (Å²) in [7, 11) is 0. The van der Waals surface area contributed by atoms with Gasteiger partial charge in [0.15, 0.2) is 6.61 Å². The molecule has 0 saturated heterocycles. The van der Waals surface area contributed by atoms with Crippen LogP contribution in [0.5, 0.6) is 5.75 Å². The number of nitrogens with one attached hydrogen (secondary N) is 2. The Balaban J connectivity index is 1.55. The average Bonchev–Trinajstić information content (AvgIpc) is 2.97. The molecule has 3 aromatic rings. The van der Waals surface area contributed by atoms with Crippen molar-refractivity contribution in [2.45, 2.75) is 0 Å². The Bertz CT molecular complexity index is 908. The Morgan fingerprint density at radius 1 is 1.33 bits per heavy atom. The monoisotopic (exact) mass is 405 g/mol. The van der Waals surface area contributed by atoms with E-state index in [0.717, 1.165) is 20.9 Å². The van der Waals surface area contributed by atoms with Gasteiger partial charge in [-0.25, -0.2) is 5.43 Å². The summed E-state index contributed by atoms with van der Waals surface area (Å²) in [5, 5.41) is 5.41. The number of aromatic amines is 1. The van der Waals surface area contributed by atoms with E-state index in [1.165, 1.54) is 0 Å². The van der Waals surface area contributed by atoms with E-state index in [4.69, 9.17) is 16.3 Å². The molecule has 0 atom stereocenters. The molecule has 0 aliphatic heterocycles. The van der Waals surface area contributed by atoms with Crippen LogP contribution in [0, 0.1) is 0 Å². The predicted octanol–water partition coefficient (Wildman–Crippen LogP) is 4.11. The second kappa shape index (κ2) is 7.51. The maximum absolute atomic E-state index is 11.8. The molecular weight excluding hydrogens is 394 g/mol. The van der Waals surface area contributed by atoms with Crippen molar-refractivity contribution in [3.63, 3.8) is 0 Å². The molecule has 2 aromatic carbocycles. The van der Waals surface area contributed by atoms with Crippen molar-refractivity contribution >= 4 is 50.6 Å². The summed E-state index contributed by atoms with van der Waals surface area (Å²) >= 11 is 9.33. The van der Waals surface area contributed by atoms with Crippen molar-refractivity contribution in [3.05, 3.63) is 63.7 Å². The minimum absolute atomic E-state index is 0.174. The van der Waals surface area contributed by atoms with Gasteiger partial charge < -0.3 is 9.72 Å². The molecule has 0 aliphatic rings. The summed E-state index contributed by atoms with van der Waals surface area (Å²) in [5.74, 6) is 0.0701. The van der Waals surface area contributed by atoms with Crippen molar-refractivity contribution in [2.24, 2.45) is 5.10 Å². The third kappa shape index (κ3) is 3.96. The maximum atomic E-state index is 11.8. The van der Waals surface area contributed by atoms with Gasteiger partial charge in [0.2, 0.25) is 0 Å². The highest BCUT2D eigenvalue weighted by Crippen LogP contribution is 2.27. The summed E-state index contributed by atoms with van der Waals surface area (Å²) in [6.07, 6.45) is 3.42. The number of benzene rings is 2. The number of hydrogen-bond donors (Lipinski definition) is 2. The van der Waals surface area contributed by atoms with Gasteiger partial charge >= 0.3 is 0 Å². The van der Waals surface area contributed by atoms with Gasteiger partial charge in [-0.3, -0.25) is 4.79 Å². The number of amides is 1. The lowest BCUT2D eigenvalue weighted by Gasteiger charge is -2.07. The number of halogens is 2. The molecule has 0 fully saturated rings. The molecule has 122 valence electrons. The first kappa shape index (κ1) is 16.5. The van der Waals surface area contributed by atoms with E-state index in [-0.39, 0.29) is 12.5 Å². The summed E-state index contributed by atoms with van der Waals surface area (Å²) in [6, 6.07) is 13.0. The lowest BCUT2D eigenvalue weighted by Crippen LogP contribution is -2.24. The lowest BCUT2D eigenvalue weighted by molar-refractivity contribution is -0.123. The molecule has 1 aromatic heterocycles. The van der Waals surface area contributed by atoms with Crippen molar-refractivity contribution in [3.8, 4) is 5.75 Å². The van der Waals surface area contributed by atoms with E-state index in [1.54, 1.807) is 24.4 Å². The largest absolute Gasteiger partial charge is 0.482 e. The van der Waals surface area contributed by atoms with Crippen molar-refractivity contribution < 1.29 is 9.53 Å². The Labute approximate surface area is 151 Å². The van der Waals surface area contributed by atoms with E-state index in [0.29, 0.717) is 10.8 Å². The fourth-order valence-electron chi connectivity index (χ4n) is 2.14. The van der Waals surface area contributed by atoms with Crippen LogP contribution in [-0.2, 0) is 4.79 Å². The number of carbonyl (C=O) groups is 1. The number of ether oxygens (including phenoxy) is 1. The molecule has 0 unspecified atom stereocenters. The number of hydrogen-bond acceptors (Lipinski definition) is 3. The first-order chi connectivity index (χ1) is 11.6. The van der Waals surface area contributed by atoms with E-state index in [9.17, 15) is 4.79 Å². The Morgan fingerprint density at radius 2 is 2.17 bits per heavy atom. The number of H-pyrrole nitrogens is 1. The molecular formula is C17H13BrClN3O2. The van der Waals surface area contributed by atoms with Gasteiger partial charge in [-0.05, 0) is 24.3 Å². The highest BCUT2D eigenvalue weighted by Gasteiger charge is 2.06. The van der Waals surface area contributed by atoms with Gasteiger partial charge in [-0.2, -0.15) is 5.10 Å². The molecule has 24 heavy (non-hydrogen) atoms. The minimum Gasteiger partial charge on any atom is -0.482 e. The fraction of sp³-hybridized carbons (Fsp3) is 0.0588. The highest BCUT2D eigenvalue weighted by atomic mass is 79.9. The highest BCUT2D eigenvalue weighted by molar-refractivity contribution is 9.10. The quantitative estimate of drug-likeness (QED) is 0.494. The molecule has 3 rings (SSSR count). The predicted molar refractivity (Wildman–Crippen MR) is 98.7 cm³/mol. The number of fused-ring (bicyclic) bond motifs is 1. The average molecular weight is 407 g/mol. The van der Waals surface area contributed by atoms with Gasteiger partial charge in [0.25, 0.3) is 5.91 Å². The number of hydrazone groups is 1. The SMILES string of the molecule is O=C(COc1ccc(Br)cc1Cl)N/N=C\c1c[nH]c2ccccc12. The van der Waals surface area contributed by atoms with E-state index in [2.05, 4.69) is 31.4 Å². The van der Waals surface area contributed by atoms with Crippen molar-refractivity contribution in [2.75, 3.05) is 6.61 Å². The van der Waals surface area contributed by atoms with Crippen LogP contribution < -0.4 is 10.2 Å². The van der Waals surface area contributed by atoms with Crippen molar-refractivity contribution in [1.82, 2.24) is 10.4 Å². The zero-order valence-electron chi connectivity index (χ0n) is 12.4. The third-order valence-corrected chi connectivity index (χ3v) is 4.06. The van der Waals surface area contributed by atoms with Gasteiger partial charge in [0, 0.05) is 27.1 Å². The number of rotatable bonds is 5. The van der Waals surface area contributed by atoms with Crippen LogP contribution in [0.2, 0.25) is 5.02 Å². The number of para-hydroxylation sites is 1. The van der Waals surface area contributed by atoms with E-state index < -0.39 is 0 Å². The molecule has 0 spiro atoms. The van der Waals surface area contributed by atoms with Crippen LogP contribution in [-0.4, -0.2) is 23.7 Å². The second-order valence-corrected chi connectivity index (χ2v) is 6.27. The lowest BCUT2D eigenvalue weighted by atomic mass is 10.2. The number of carbonyl (C=O) groups excluding carboxylic acids is 1. The van der Waals surface area contributed by atoms with E-state index in [1.807, 2.05) is 30.5 Å². The number of aromatic nitrogens is 1. The molecule has 1 amide bonds.